The summed E-state index contributed by atoms with van der Waals surface area (Å²) in [7, 11) is -1.54. The number of carbonyl (C=O) groups is 2. The molecule has 2 aliphatic rings. The van der Waals surface area contributed by atoms with E-state index in [-0.39, 0.29) is 42.1 Å². The summed E-state index contributed by atoms with van der Waals surface area (Å²) in [6.07, 6.45) is 0.551. The summed E-state index contributed by atoms with van der Waals surface area (Å²) >= 11 is 0. The number of amides is 1. The monoisotopic (exact) mass is 392 g/mol. The third-order valence-electron chi connectivity index (χ3n) is 5.21. The summed E-state index contributed by atoms with van der Waals surface area (Å²) in [6, 6.07) is 2.79. The van der Waals surface area contributed by atoms with Crippen LogP contribution in [0.5, 0.6) is 11.5 Å². The number of hydrogen-bond donors (Lipinski definition) is 5. The third kappa shape index (κ3) is 4.40. The van der Waals surface area contributed by atoms with Crippen LogP contribution in [0.1, 0.15) is 29.3 Å². The Kier molecular flexibility index (Phi) is 6.12. The lowest BCUT2D eigenvalue weighted by molar-refractivity contribution is -0.142. The molecule has 2 aliphatic heterocycles. The van der Waals surface area contributed by atoms with Gasteiger partial charge in [-0.1, -0.05) is 13.0 Å². The number of nitrogens with one attached hydrogen (secondary N) is 1. The molecule has 152 valence electrons. The molecule has 1 aromatic rings. The minimum Gasteiger partial charge on any atom is -0.507 e. The maximum Gasteiger partial charge on any atom is 0.451 e. The Morgan fingerprint density at radius 3 is 2.61 bits per heavy atom. The number of carboxylic acid groups (broad SMARTS) is 1. The van der Waals surface area contributed by atoms with E-state index in [9.17, 15) is 19.8 Å². The van der Waals surface area contributed by atoms with E-state index in [1.165, 1.54) is 12.1 Å². The second kappa shape index (κ2) is 8.38. The predicted octanol–water partition coefficient (Wildman–Crippen LogP) is -0.307. The number of benzene rings is 1. The van der Waals surface area contributed by atoms with Crippen molar-refractivity contribution in [3.05, 3.63) is 23.3 Å². The number of rotatable bonds is 7. The lowest BCUT2D eigenvalue weighted by atomic mass is 9.82. The molecule has 2 heterocycles. The fourth-order valence-electron chi connectivity index (χ4n) is 3.60. The first-order chi connectivity index (χ1) is 13.3. The van der Waals surface area contributed by atoms with Crippen molar-refractivity contribution in [1.82, 2.24) is 10.2 Å². The molecule has 2 saturated heterocycles. The third-order valence-corrected chi connectivity index (χ3v) is 5.21. The normalized spacial score (nSPS) is 22.0. The summed E-state index contributed by atoms with van der Waals surface area (Å²) in [5.74, 6) is -1.25. The van der Waals surface area contributed by atoms with Crippen molar-refractivity contribution >= 4 is 19.0 Å². The molecule has 0 radical (unpaired) electrons. The summed E-state index contributed by atoms with van der Waals surface area (Å²) in [5.41, 5.74) is -0.0642. The maximum absolute atomic E-state index is 12.4. The molecule has 10 heteroatoms. The van der Waals surface area contributed by atoms with Crippen LogP contribution >= 0.6 is 0 Å². The second-order valence-corrected chi connectivity index (χ2v) is 7.56. The number of carbonyl (C=O) groups excluding carboxylic acids is 1. The number of hydrogen-bond acceptors (Lipinski definition) is 7. The van der Waals surface area contributed by atoms with E-state index in [2.05, 4.69) is 12.2 Å². The standard InChI is InChI=1S/C18H25BN2O7/c1-10-6-13(20-7-10)17(23)21-8-12(9-21)28-14-3-2-11(4-5-19(26)27)16(22)15(14)18(24)25/h2-3,10,12-13,20,22,26-27H,4-9H2,1H3,(H,24,25)/t10?,13-/m1/s1. The summed E-state index contributed by atoms with van der Waals surface area (Å²) in [6.45, 7) is 3.64. The van der Waals surface area contributed by atoms with Gasteiger partial charge in [-0.25, -0.2) is 4.79 Å². The largest absolute Gasteiger partial charge is 0.507 e. The topological polar surface area (TPSA) is 140 Å². The zero-order valence-corrected chi connectivity index (χ0v) is 15.7. The first-order valence-electron chi connectivity index (χ1n) is 9.39. The van der Waals surface area contributed by atoms with Crippen LogP contribution in [-0.2, 0) is 11.2 Å². The lowest BCUT2D eigenvalue weighted by Crippen LogP contribution is -2.59. The number of carboxylic acids is 1. The van der Waals surface area contributed by atoms with Gasteiger partial charge in [0, 0.05) is 0 Å². The van der Waals surface area contributed by atoms with Crippen molar-refractivity contribution in [1.29, 1.82) is 0 Å². The van der Waals surface area contributed by atoms with Gasteiger partial charge in [0.15, 0.2) is 0 Å². The number of nitrogens with zero attached hydrogens (tertiary/aromatic N) is 1. The molecule has 9 nitrogen and oxygen atoms in total. The van der Waals surface area contributed by atoms with E-state index in [0.29, 0.717) is 24.6 Å². The minimum absolute atomic E-state index is 0.0274. The van der Waals surface area contributed by atoms with Gasteiger partial charge in [0.25, 0.3) is 0 Å². The van der Waals surface area contributed by atoms with Crippen LogP contribution in [0.2, 0.25) is 6.32 Å². The van der Waals surface area contributed by atoms with E-state index >= 15 is 0 Å². The first-order valence-corrected chi connectivity index (χ1v) is 9.39. The number of aromatic hydroxyl groups is 1. The van der Waals surface area contributed by atoms with Gasteiger partial charge in [-0.15, -0.1) is 0 Å². The molecule has 0 saturated carbocycles. The van der Waals surface area contributed by atoms with Crippen LogP contribution in [0.25, 0.3) is 0 Å². The van der Waals surface area contributed by atoms with Crippen molar-refractivity contribution in [2.24, 2.45) is 5.92 Å². The van der Waals surface area contributed by atoms with Crippen LogP contribution in [0.4, 0.5) is 0 Å². The SMILES string of the molecule is CC1CN[C@@H](C(=O)N2CC(Oc3ccc(CCB(O)O)c(O)c3C(=O)O)C2)C1. The Morgan fingerprint density at radius 1 is 1.32 bits per heavy atom. The van der Waals surface area contributed by atoms with Crippen molar-refractivity contribution in [2.45, 2.75) is 38.2 Å². The van der Waals surface area contributed by atoms with Gasteiger partial charge in [-0.2, -0.15) is 0 Å². The van der Waals surface area contributed by atoms with Crippen LogP contribution in [0.15, 0.2) is 12.1 Å². The molecule has 2 atom stereocenters. The number of aromatic carboxylic acids is 1. The molecule has 28 heavy (non-hydrogen) atoms. The molecule has 1 aromatic carbocycles. The van der Waals surface area contributed by atoms with Gasteiger partial charge >= 0.3 is 13.1 Å². The fourth-order valence-corrected chi connectivity index (χ4v) is 3.60. The number of phenols is 1. The van der Waals surface area contributed by atoms with Gasteiger partial charge in [-0.05, 0) is 43.3 Å². The molecule has 1 amide bonds. The Bertz CT molecular complexity index is 752. The lowest BCUT2D eigenvalue weighted by Gasteiger charge is -2.40. The molecule has 0 aliphatic carbocycles. The second-order valence-electron chi connectivity index (χ2n) is 7.56. The fraction of sp³-hybridized carbons (Fsp3) is 0.556. The van der Waals surface area contributed by atoms with Gasteiger partial charge in [0.1, 0.15) is 23.2 Å². The highest BCUT2D eigenvalue weighted by Gasteiger charge is 2.38. The Balaban J connectivity index is 1.62. The number of likely N-dealkylation sites (tertiary alicyclic amines) is 1. The van der Waals surface area contributed by atoms with Gasteiger partial charge in [0.2, 0.25) is 5.91 Å². The first kappa shape index (κ1) is 20.4. The van der Waals surface area contributed by atoms with Crippen LogP contribution in [0, 0.1) is 5.92 Å². The molecule has 0 aromatic heterocycles. The van der Waals surface area contributed by atoms with E-state index < -0.39 is 18.8 Å². The number of ether oxygens (including phenoxy) is 1. The molecular formula is C18H25BN2O7. The maximum atomic E-state index is 12.4. The van der Waals surface area contributed by atoms with Crippen LogP contribution in [-0.4, -0.2) is 75.9 Å². The zero-order chi connectivity index (χ0) is 20.4. The van der Waals surface area contributed by atoms with Crippen LogP contribution in [0.3, 0.4) is 0 Å². The van der Waals surface area contributed by atoms with Crippen molar-refractivity contribution in [2.75, 3.05) is 19.6 Å². The smallest absolute Gasteiger partial charge is 0.451 e. The van der Waals surface area contributed by atoms with E-state index in [4.69, 9.17) is 14.8 Å². The molecular weight excluding hydrogens is 367 g/mol. The summed E-state index contributed by atoms with van der Waals surface area (Å²) in [5, 5.41) is 40.8. The summed E-state index contributed by atoms with van der Waals surface area (Å²) in [4.78, 5) is 25.7. The Hall–Kier alpha value is -2.30. The summed E-state index contributed by atoms with van der Waals surface area (Å²) < 4.78 is 5.71. The average Bonchev–Trinajstić information content (AvgIpc) is 3.02. The highest BCUT2D eigenvalue weighted by Crippen LogP contribution is 2.34. The van der Waals surface area contributed by atoms with E-state index in [0.717, 1.165) is 13.0 Å². The molecule has 0 bridgehead atoms. The van der Waals surface area contributed by atoms with Crippen LogP contribution < -0.4 is 10.1 Å². The predicted molar refractivity (Wildman–Crippen MR) is 100 cm³/mol. The molecule has 2 fully saturated rings. The van der Waals surface area contributed by atoms with Crippen molar-refractivity contribution in [3.8, 4) is 11.5 Å². The zero-order valence-electron chi connectivity index (χ0n) is 15.7. The van der Waals surface area contributed by atoms with Crippen molar-refractivity contribution < 1.29 is 34.6 Å². The molecule has 5 N–H and O–H groups in total. The van der Waals surface area contributed by atoms with Gasteiger partial charge < -0.3 is 35.2 Å². The number of aryl methyl sites for hydroxylation is 1. The highest BCUT2D eigenvalue weighted by molar-refractivity contribution is 6.41. The van der Waals surface area contributed by atoms with E-state index in [1.807, 2.05) is 0 Å². The van der Waals surface area contributed by atoms with Crippen molar-refractivity contribution in [3.63, 3.8) is 0 Å². The Morgan fingerprint density at radius 2 is 2.04 bits per heavy atom. The van der Waals surface area contributed by atoms with Gasteiger partial charge in [-0.3, -0.25) is 4.79 Å². The van der Waals surface area contributed by atoms with E-state index in [1.54, 1.807) is 4.90 Å². The quantitative estimate of drug-likeness (QED) is 0.399. The van der Waals surface area contributed by atoms with Gasteiger partial charge in [0.05, 0.1) is 19.1 Å². The average molecular weight is 392 g/mol. The minimum atomic E-state index is -1.54. The molecule has 1 unspecified atom stereocenters. The Labute approximate surface area is 163 Å². The molecule has 3 rings (SSSR count). The highest BCUT2D eigenvalue weighted by atomic mass is 16.5. The molecule has 0 spiro atoms.